The van der Waals surface area contributed by atoms with Gasteiger partial charge in [0.2, 0.25) is 0 Å². The van der Waals surface area contributed by atoms with Crippen LogP contribution in [0.3, 0.4) is 0 Å². The van der Waals surface area contributed by atoms with Gasteiger partial charge >= 0.3 is 0 Å². The van der Waals surface area contributed by atoms with Crippen LogP contribution in [0, 0.1) is 5.82 Å². The van der Waals surface area contributed by atoms with E-state index >= 15 is 0 Å². The maximum absolute atomic E-state index is 13.8. The molecule has 0 aliphatic rings. The van der Waals surface area contributed by atoms with Gasteiger partial charge in [-0.1, -0.05) is 20.8 Å². The number of halogens is 1. The zero-order chi connectivity index (χ0) is 11.0. The summed E-state index contributed by atoms with van der Waals surface area (Å²) in [5.74, 6) is 0.189. The van der Waals surface area contributed by atoms with Crippen LogP contribution in [-0.4, -0.2) is 10.2 Å². The first kappa shape index (κ1) is 10.1. The van der Waals surface area contributed by atoms with Crippen LogP contribution < -0.4 is 0 Å². The van der Waals surface area contributed by atoms with E-state index in [1.54, 1.807) is 6.20 Å². The van der Waals surface area contributed by atoms with Gasteiger partial charge in [0.25, 0.3) is 0 Å². The number of hydrogen-bond acceptors (Lipinski definition) is 1. The molecule has 0 fully saturated rings. The average Bonchev–Trinajstić information content (AvgIpc) is 2.62. The van der Waals surface area contributed by atoms with Crippen molar-refractivity contribution in [3.8, 4) is 0 Å². The molecule has 0 unspecified atom stereocenters. The third kappa shape index (κ3) is 1.52. The Morgan fingerprint density at radius 1 is 1.47 bits per heavy atom. The molecule has 0 aliphatic heterocycles. The molecule has 2 aromatic rings. The van der Waals surface area contributed by atoms with Gasteiger partial charge in [0, 0.05) is 5.39 Å². The minimum absolute atomic E-state index is 0.127. The lowest BCUT2D eigenvalue weighted by atomic mass is 9.92. The summed E-state index contributed by atoms with van der Waals surface area (Å²) >= 11 is 0. The molecule has 1 aromatic heterocycles. The summed E-state index contributed by atoms with van der Waals surface area (Å²) in [6.45, 7) is 6.15. The highest BCUT2D eigenvalue weighted by Gasteiger charge is 2.15. The maximum Gasteiger partial charge on any atom is 0.128 e. The first-order chi connectivity index (χ1) is 7.15. The topological polar surface area (TPSA) is 28.7 Å². The third-order valence-corrected chi connectivity index (χ3v) is 2.77. The summed E-state index contributed by atoms with van der Waals surface area (Å²) in [5.41, 5.74) is 2.69. The fourth-order valence-electron chi connectivity index (χ4n) is 2.14. The summed E-state index contributed by atoms with van der Waals surface area (Å²) in [5, 5.41) is 7.83. The zero-order valence-electron chi connectivity index (χ0n) is 9.26. The van der Waals surface area contributed by atoms with Crippen LogP contribution in [0.5, 0.6) is 0 Å². The Hall–Kier alpha value is -1.38. The van der Waals surface area contributed by atoms with Crippen molar-refractivity contribution >= 4 is 10.9 Å². The Balaban J connectivity index is 2.84. The highest BCUT2D eigenvalue weighted by molar-refractivity contribution is 5.83. The second-order valence-corrected chi connectivity index (χ2v) is 4.09. The summed E-state index contributed by atoms with van der Waals surface area (Å²) in [6, 6.07) is 1.53. The molecule has 0 saturated heterocycles. The largest absolute Gasteiger partial charge is 0.278 e. The first-order valence-electron chi connectivity index (χ1n) is 5.29. The monoisotopic (exact) mass is 206 g/mol. The van der Waals surface area contributed by atoms with E-state index in [4.69, 9.17) is 0 Å². The molecule has 0 atom stereocenters. The lowest BCUT2D eigenvalue weighted by Gasteiger charge is -2.13. The number of aromatic amines is 1. The molecule has 1 aromatic carbocycles. The van der Waals surface area contributed by atoms with Crippen LogP contribution >= 0.6 is 0 Å². The molecule has 3 heteroatoms. The summed E-state index contributed by atoms with van der Waals surface area (Å²) < 4.78 is 13.8. The van der Waals surface area contributed by atoms with Gasteiger partial charge in [0.05, 0.1) is 11.7 Å². The van der Waals surface area contributed by atoms with Crippen molar-refractivity contribution in [1.29, 1.82) is 0 Å². The number of hydrogen-bond donors (Lipinski definition) is 1. The summed E-state index contributed by atoms with van der Waals surface area (Å²) in [7, 11) is 0. The Kier molecular flexibility index (Phi) is 2.47. The second-order valence-electron chi connectivity index (χ2n) is 4.09. The summed E-state index contributed by atoms with van der Waals surface area (Å²) in [6.07, 6.45) is 2.50. The minimum Gasteiger partial charge on any atom is -0.278 e. The number of H-pyrrole nitrogens is 1. The van der Waals surface area contributed by atoms with Crippen LogP contribution in [0.2, 0.25) is 0 Å². The van der Waals surface area contributed by atoms with Gasteiger partial charge in [-0.2, -0.15) is 5.10 Å². The van der Waals surface area contributed by atoms with Crippen LogP contribution in [0.4, 0.5) is 4.39 Å². The van der Waals surface area contributed by atoms with E-state index < -0.39 is 0 Å². The van der Waals surface area contributed by atoms with E-state index in [1.165, 1.54) is 6.07 Å². The smallest absolute Gasteiger partial charge is 0.128 e. The van der Waals surface area contributed by atoms with Crippen LogP contribution in [0.25, 0.3) is 10.9 Å². The molecule has 0 radical (unpaired) electrons. The van der Waals surface area contributed by atoms with Crippen molar-refractivity contribution in [1.82, 2.24) is 10.2 Å². The van der Waals surface area contributed by atoms with Crippen molar-refractivity contribution in [3.63, 3.8) is 0 Å². The predicted molar refractivity (Wildman–Crippen MR) is 59.5 cm³/mol. The number of nitrogens with zero attached hydrogens (tertiary/aromatic N) is 1. The third-order valence-electron chi connectivity index (χ3n) is 2.77. The van der Waals surface area contributed by atoms with Crippen LogP contribution in [0.15, 0.2) is 12.3 Å². The van der Waals surface area contributed by atoms with Crippen molar-refractivity contribution in [2.75, 3.05) is 0 Å². The van der Waals surface area contributed by atoms with E-state index in [0.29, 0.717) is 5.92 Å². The van der Waals surface area contributed by atoms with Crippen LogP contribution in [-0.2, 0) is 6.42 Å². The molecule has 1 heterocycles. The minimum atomic E-state index is -0.127. The van der Waals surface area contributed by atoms with Gasteiger partial charge in [-0.05, 0) is 29.5 Å². The first-order valence-corrected chi connectivity index (χ1v) is 5.29. The number of nitrogens with one attached hydrogen (secondary N) is 1. The standard InChI is InChI=1S/C12H15FN2/c1-4-8-10(13)5-11-9(6-14-15-11)12(8)7(2)3/h5-7H,4H2,1-3H3,(H,14,15). The molecular formula is C12H15FN2. The molecule has 0 aliphatic carbocycles. The Morgan fingerprint density at radius 2 is 2.20 bits per heavy atom. The van der Waals surface area contributed by atoms with E-state index in [0.717, 1.165) is 28.5 Å². The quantitative estimate of drug-likeness (QED) is 0.801. The SMILES string of the molecule is CCc1c(F)cc2[nH]ncc2c1C(C)C. The van der Waals surface area contributed by atoms with Gasteiger partial charge in [-0.3, -0.25) is 5.10 Å². The molecule has 0 spiro atoms. The molecular weight excluding hydrogens is 191 g/mol. The lowest BCUT2D eigenvalue weighted by molar-refractivity contribution is 0.608. The highest BCUT2D eigenvalue weighted by atomic mass is 19.1. The Bertz CT molecular complexity index is 486. The molecule has 2 rings (SSSR count). The zero-order valence-corrected chi connectivity index (χ0v) is 9.26. The average molecular weight is 206 g/mol. The van der Waals surface area contributed by atoms with Crippen molar-refractivity contribution in [2.24, 2.45) is 0 Å². The van der Waals surface area contributed by atoms with Gasteiger partial charge in [0.15, 0.2) is 0 Å². The molecule has 15 heavy (non-hydrogen) atoms. The second kappa shape index (κ2) is 3.65. The number of benzene rings is 1. The highest BCUT2D eigenvalue weighted by Crippen LogP contribution is 2.30. The fraction of sp³-hybridized carbons (Fsp3) is 0.417. The fourth-order valence-corrected chi connectivity index (χ4v) is 2.14. The van der Waals surface area contributed by atoms with Crippen molar-refractivity contribution in [3.05, 3.63) is 29.2 Å². The normalized spacial score (nSPS) is 11.5. The van der Waals surface area contributed by atoms with Crippen molar-refractivity contribution < 1.29 is 4.39 Å². The molecule has 2 nitrogen and oxygen atoms in total. The van der Waals surface area contributed by atoms with Crippen molar-refractivity contribution in [2.45, 2.75) is 33.1 Å². The van der Waals surface area contributed by atoms with E-state index in [9.17, 15) is 4.39 Å². The number of fused-ring (bicyclic) bond motifs is 1. The Labute approximate surface area is 88.5 Å². The molecule has 0 bridgehead atoms. The number of rotatable bonds is 2. The molecule has 0 amide bonds. The molecule has 1 N–H and O–H groups in total. The number of aromatic nitrogens is 2. The van der Waals surface area contributed by atoms with E-state index in [-0.39, 0.29) is 5.82 Å². The summed E-state index contributed by atoms with van der Waals surface area (Å²) in [4.78, 5) is 0. The van der Waals surface area contributed by atoms with Gasteiger partial charge in [-0.25, -0.2) is 4.39 Å². The molecule has 80 valence electrons. The van der Waals surface area contributed by atoms with E-state index in [1.807, 2.05) is 6.92 Å². The van der Waals surface area contributed by atoms with E-state index in [2.05, 4.69) is 24.0 Å². The van der Waals surface area contributed by atoms with Crippen LogP contribution in [0.1, 0.15) is 37.8 Å². The van der Waals surface area contributed by atoms with Gasteiger partial charge in [0.1, 0.15) is 5.82 Å². The maximum atomic E-state index is 13.8. The van der Waals surface area contributed by atoms with Gasteiger partial charge in [-0.15, -0.1) is 0 Å². The molecule has 0 saturated carbocycles. The van der Waals surface area contributed by atoms with Gasteiger partial charge < -0.3 is 0 Å². The lowest BCUT2D eigenvalue weighted by Crippen LogP contribution is -1.99. The predicted octanol–water partition coefficient (Wildman–Crippen LogP) is 3.39. The Morgan fingerprint density at radius 3 is 2.80 bits per heavy atom.